The van der Waals surface area contributed by atoms with Gasteiger partial charge >= 0.3 is 0 Å². The fraction of sp³-hybridized carbons (Fsp3) is 0.222. The maximum Gasteiger partial charge on any atom is 0.238 e. The van der Waals surface area contributed by atoms with E-state index in [1.807, 2.05) is 41.8 Å². The van der Waals surface area contributed by atoms with Crippen LogP contribution in [0.5, 0.6) is 0 Å². The van der Waals surface area contributed by atoms with Crippen molar-refractivity contribution in [3.05, 3.63) is 58.8 Å². The average molecular weight is 309 g/mol. The summed E-state index contributed by atoms with van der Waals surface area (Å²) in [6, 6.07) is 13.3. The molecule has 2 atom stereocenters. The van der Waals surface area contributed by atoms with E-state index in [0.717, 1.165) is 0 Å². The van der Waals surface area contributed by atoms with Crippen molar-refractivity contribution in [2.75, 3.05) is 4.90 Å². The van der Waals surface area contributed by atoms with Gasteiger partial charge in [0.2, 0.25) is 11.8 Å². The van der Waals surface area contributed by atoms with E-state index >= 15 is 0 Å². The Kier molecular flexibility index (Phi) is 3.19. The van der Waals surface area contributed by atoms with E-state index in [-0.39, 0.29) is 23.7 Å². The molecule has 2 aliphatic rings. The number of benzene rings is 1. The highest BCUT2D eigenvalue weighted by Gasteiger charge is 2.49. The minimum Gasteiger partial charge on any atom is -0.274 e. The molecular weight excluding hydrogens is 294 g/mol. The number of allylic oxidation sites excluding steroid dienone is 2. The van der Waals surface area contributed by atoms with Crippen molar-refractivity contribution in [1.29, 1.82) is 0 Å². The number of thiophene rings is 1. The second-order valence-corrected chi connectivity index (χ2v) is 6.65. The zero-order chi connectivity index (χ0) is 15.1. The standard InChI is InChI=1S/C18H15NO2S/c20-17-14-9-8-12(16-7-4-10-22-16)11-15(14)18(21)19(17)13-5-2-1-3-6-13/h1-8,10,14-15H,9,11H2/t14-,15+/m0/s1. The van der Waals surface area contributed by atoms with Gasteiger partial charge in [0.25, 0.3) is 0 Å². The highest BCUT2D eigenvalue weighted by Crippen LogP contribution is 2.43. The first-order chi connectivity index (χ1) is 10.8. The number of carbonyl (C=O) groups is 2. The number of carbonyl (C=O) groups excluding carboxylic acids is 2. The molecule has 0 radical (unpaired) electrons. The number of nitrogens with zero attached hydrogens (tertiary/aromatic N) is 1. The fourth-order valence-corrected chi connectivity index (χ4v) is 4.14. The molecule has 0 N–H and O–H groups in total. The lowest BCUT2D eigenvalue weighted by Gasteiger charge is -2.20. The molecule has 2 amide bonds. The van der Waals surface area contributed by atoms with Crippen LogP contribution in [-0.2, 0) is 9.59 Å². The predicted molar refractivity (Wildman–Crippen MR) is 87.4 cm³/mol. The van der Waals surface area contributed by atoms with E-state index in [1.54, 1.807) is 11.3 Å². The van der Waals surface area contributed by atoms with Crippen molar-refractivity contribution >= 4 is 34.4 Å². The molecule has 1 fully saturated rings. The van der Waals surface area contributed by atoms with E-state index in [1.165, 1.54) is 15.4 Å². The summed E-state index contributed by atoms with van der Waals surface area (Å²) in [5.41, 5.74) is 1.89. The van der Waals surface area contributed by atoms with E-state index < -0.39 is 0 Å². The smallest absolute Gasteiger partial charge is 0.238 e. The Bertz CT molecular complexity index is 749. The molecule has 1 aromatic carbocycles. The number of anilines is 1. The first kappa shape index (κ1) is 13.5. The van der Waals surface area contributed by atoms with E-state index in [4.69, 9.17) is 0 Å². The molecule has 110 valence electrons. The van der Waals surface area contributed by atoms with Crippen LogP contribution in [0.4, 0.5) is 5.69 Å². The van der Waals surface area contributed by atoms with Gasteiger partial charge in [-0.15, -0.1) is 11.3 Å². The van der Waals surface area contributed by atoms with Crippen molar-refractivity contribution < 1.29 is 9.59 Å². The third kappa shape index (κ3) is 2.03. The monoisotopic (exact) mass is 309 g/mol. The van der Waals surface area contributed by atoms with Gasteiger partial charge in [-0.3, -0.25) is 14.5 Å². The summed E-state index contributed by atoms with van der Waals surface area (Å²) in [5, 5.41) is 2.04. The Morgan fingerprint density at radius 3 is 2.45 bits per heavy atom. The first-order valence-electron chi connectivity index (χ1n) is 7.41. The fourth-order valence-electron chi connectivity index (χ4n) is 3.36. The molecule has 0 saturated carbocycles. The molecule has 1 saturated heterocycles. The van der Waals surface area contributed by atoms with Crippen LogP contribution in [0.1, 0.15) is 17.7 Å². The largest absolute Gasteiger partial charge is 0.274 e. The summed E-state index contributed by atoms with van der Waals surface area (Å²) in [5.74, 6) is -0.516. The van der Waals surface area contributed by atoms with Gasteiger partial charge in [-0.1, -0.05) is 30.3 Å². The highest BCUT2D eigenvalue weighted by molar-refractivity contribution is 7.11. The topological polar surface area (TPSA) is 37.4 Å². The predicted octanol–water partition coefficient (Wildman–Crippen LogP) is 3.73. The van der Waals surface area contributed by atoms with Crippen LogP contribution in [-0.4, -0.2) is 11.8 Å². The lowest BCUT2D eigenvalue weighted by Crippen LogP contribution is -2.30. The molecule has 1 aromatic heterocycles. The third-order valence-corrected chi connectivity index (χ3v) is 5.42. The number of imide groups is 1. The minimum absolute atomic E-state index is 0.0524. The molecule has 22 heavy (non-hydrogen) atoms. The highest BCUT2D eigenvalue weighted by atomic mass is 32.1. The second kappa shape index (κ2) is 5.21. The molecule has 4 rings (SSSR count). The molecule has 0 bridgehead atoms. The number of hydrogen-bond donors (Lipinski definition) is 0. The van der Waals surface area contributed by atoms with Gasteiger partial charge < -0.3 is 0 Å². The number of amides is 2. The molecule has 4 heteroatoms. The van der Waals surface area contributed by atoms with Crippen molar-refractivity contribution in [2.24, 2.45) is 11.8 Å². The lowest BCUT2D eigenvalue weighted by atomic mass is 9.81. The molecule has 1 aliphatic heterocycles. The summed E-state index contributed by atoms with van der Waals surface area (Å²) in [7, 11) is 0. The Hall–Kier alpha value is -2.20. The van der Waals surface area contributed by atoms with E-state index in [0.29, 0.717) is 18.5 Å². The number of para-hydroxylation sites is 1. The summed E-state index contributed by atoms with van der Waals surface area (Å²) in [4.78, 5) is 28.0. The molecule has 0 unspecified atom stereocenters. The maximum absolute atomic E-state index is 12.7. The van der Waals surface area contributed by atoms with Crippen LogP contribution in [0.3, 0.4) is 0 Å². The van der Waals surface area contributed by atoms with Crippen molar-refractivity contribution in [3.63, 3.8) is 0 Å². The molecule has 0 spiro atoms. The SMILES string of the molecule is O=C1[C@H]2CC=C(c3cccs3)C[C@H]2C(=O)N1c1ccccc1. The van der Waals surface area contributed by atoms with Gasteiger partial charge in [0, 0.05) is 4.88 Å². The Balaban J connectivity index is 1.65. The van der Waals surface area contributed by atoms with Gasteiger partial charge in [-0.25, -0.2) is 0 Å². The van der Waals surface area contributed by atoms with E-state index in [9.17, 15) is 9.59 Å². The summed E-state index contributed by atoms with van der Waals surface area (Å²) >= 11 is 1.68. The van der Waals surface area contributed by atoms with Gasteiger partial charge in [-0.2, -0.15) is 0 Å². The quantitative estimate of drug-likeness (QED) is 0.793. The van der Waals surface area contributed by atoms with Gasteiger partial charge in [0.15, 0.2) is 0 Å². The number of rotatable bonds is 2. The molecule has 2 aromatic rings. The van der Waals surface area contributed by atoms with Gasteiger partial charge in [0.05, 0.1) is 17.5 Å². The summed E-state index contributed by atoms with van der Waals surface area (Å²) in [6.07, 6.45) is 3.46. The lowest BCUT2D eigenvalue weighted by molar-refractivity contribution is -0.122. The zero-order valence-corrected chi connectivity index (χ0v) is 12.8. The first-order valence-corrected chi connectivity index (χ1v) is 8.29. The summed E-state index contributed by atoms with van der Waals surface area (Å²) in [6.45, 7) is 0. The van der Waals surface area contributed by atoms with Crippen molar-refractivity contribution in [2.45, 2.75) is 12.8 Å². The van der Waals surface area contributed by atoms with Crippen LogP contribution in [0, 0.1) is 11.8 Å². The van der Waals surface area contributed by atoms with E-state index in [2.05, 4.69) is 12.1 Å². The van der Waals surface area contributed by atoms with Crippen LogP contribution >= 0.6 is 11.3 Å². The summed E-state index contributed by atoms with van der Waals surface area (Å²) < 4.78 is 0. The van der Waals surface area contributed by atoms with Crippen LogP contribution in [0.2, 0.25) is 0 Å². The Morgan fingerprint density at radius 1 is 0.955 bits per heavy atom. The zero-order valence-electron chi connectivity index (χ0n) is 11.9. The Morgan fingerprint density at radius 2 is 1.73 bits per heavy atom. The number of fused-ring (bicyclic) bond motifs is 1. The maximum atomic E-state index is 12.7. The average Bonchev–Trinajstić information content (AvgIpc) is 3.16. The van der Waals surface area contributed by atoms with Crippen LogP contribution in [0.15, 0.2) is 53.9 Å². The third-order valence-electron chi connectivity index (χ3n) is 4.47. The van der Waals surface area contributed by atoms with Gasteiger partial charge in [0.1, 0.15) is 0 Å². The Labute approximate surface area is 132 Å². The molecule has 3 nitrogen and oxygen atoms in total. The molecular formula is C18H15NO2S. The van der Waals surface area contributed by atoms with Crippen LogP contribution < -0.4 is 4.90 Å². The second-order valence-electron chi connectivity index (χ2n) is 5.71. The van der Waals surface area contributed by atoms with Crippen molar-refractivity contribution in [1.82, 2.24) is 0 Å². The molecule has 1 aliphatic carbocycles. The van der Waals surface area contributed by atoms with Crippen LogP contribution in [0.25, 0.3) is 5.57 Å². The molecule has 2 heterocycles. The number of hydrogen-bond acceptors (Lipinski definition) is 3. The normalized spacial score (nSPS) is 24.4. The van der Waals surface area contributed by atoms with Gasteiger partial charge in [-0.05, 0) is 42.0 Å². The minimum atomic E-state index is -0.213. The van der Waals surface area contributed by atoms with Crippen molar-refractivity contribution in [3.8, 4) is 0 Å².